The van der Waals surface area contributed by atoms with E-state index >= 15 is 0 Å². The van der Waals surface area contributed by atoms with Crippen LogP contribution in [0.3, 0.4) is 0 Å². The molecule has 1 N–H and O–H groups in total. The van der Waals surface area contributed by atoms with Crippen LogP contribution in [-0.2, 0) is 4.79 Å². The lowest BCUT2D eigenvalue weighted by Crippen LogP contribution is -2.15. The smallest absolute Gasteiger partial charge is 0.234 e. The van der Waals surface area contributed by atoms with Crippen molar-refractivity contribution in [2.24, 2.45) is 0 Å². The Kier molecular flexibility index (Phi) is 6.21. The molecule has 0 aliphatic carbocycles. The van der Waals surface area contributed by atoms with Crippen LogP contribution >= 0.6 is 11.8 Å². The number of rotatable bonds is 6. The predicted molar refractivity (Wildman–Crippen MR) is 95.4 cm³/mol. The molecule has 1 amide bonds. The van der Waals surface area contributed by atoms with Gasteiger partial charge in [0.15, 0.2) is 0 Å². The number of carbonyl (C=O) groups is 1. The molecule has 0 fully saturated rings. The molecule has 0 bridgehead atoms. The van der Waals surface area contributed by atoms with E-state index in [1.807, 2.05) is 45.0 Å². The average Bonchev–Trinajstić information content (AvgIpc) is 2.54. The Morgan fingerprint density at radius 3 is 2.83 bits per heavy atom. The molecule has 1 aromatic heterocycles. The van der Waals surface area contributed by atoms with Gasteiger partial charge in [-0.1, -0.05) is 23.9 Å². The third-order valence-corrected chi connectivity index (χ3v) is 4.20. The molecule has 0 radical (unpaired) electrons. The van der Waals surface area contributed by atoms with E-state index in [0.717, 1.165) is 11.3 Å². The number of nitrogens with one attached hydrogen (secondary N) is 1. The summed E-state index contributed by atoms with van der Waals surface area (Å²) in [6.07, 6.45) is 0. The molecule has 0 aliphatic heterocycles. The highest BCUT2D eigenvalue weighted by atomic mass is 32.2. The second-order valence-electron chi connectivity index (χ2n) is 5.14. The van der Waals surface area contributed by atoms with E-state index in [1.54, 1.807) is 6.07 Å². The Hall–Kier alpha value is -2.52. The van der Waals surface area contributed by atoms with Crippen LogP contribution in [0.2, 0.25) is 0 Å². The molecule has 1 heterocycles. The van der Waals surface area contributed by atoms with Gasteiger partial charge in [0.25, 0.3) is 0 Å². The van der Waals surface area contributed by atoms with Gasteiger partial charge in [0.05, 0.1) is 23.6 Å². The van der Waals surface area contributed by atoms with Crippen LogP contribution in [0.15, 0.2) is 35.4 Å². The van der Waals surface area contributed by atoms with E-state index < -0.39 is 0 Å². The molecular weight excluding hydrogens is 322 g/mol. The third kappa shape index (κ3) is 4.49. The second-order valence-corrected chi connectivity index (χ2v) is 6.10. The first kappa shape index (κ1) is 17.8. The largest absolute Gasteiger partial charge is 0.492 e. The van der Waals surface area contributed by atoms with E-state index in [9.17, 15) is 10.1 Å². The number of hydrogen-bond donors (Lipinski definition) is 1. The Labute approximate surface area is 146 Å². The summed E-state index contributed by atoms with van der Waals surface area (Å²) in [6, 6.07) is 11.3. The van der Waals surface area contributed by atoms with Gasteiger partial charge in [0, 0.05) is 5.69 Å². The van der Waals surface area contributed by atoms with Crippen molar-refractivity contribution < 1.29 is 9.53 Å². The Morgan fingerprint density at radius 1 is 1.38 bits per heavy atom. The molecule has 2 aromatic rings. The second kappa shape index (κ2) is 8.37. The highest BCUT2D eigenvalue weighted by molar-refractivity contribution is 8.00. The molecule has 6 heteroatoms. The fourth-order valence-corrected chi connectivity index (χ4v) is 3.11. The van der Waals surface area contributed by atoms with Crippen molar-refractivity contribution >= 4 is 23.4 Å². The molecule has 5 nitrogen and oxygen atoms in total. The minimum atomic E-state index is -0.169. The predicted octanol–water partition coefficient (Wildman–Crippen LogP) is 3.70. The van der Waals surface area contributed by atoms with E-state index in [2.05, 4.69) is 16.4 Å². The van der Waals surface area contributed by atoms with Crippen molar-refractivity contribution in [1.82, 2.24) is 4.98 Å². The van der Waals surface area contributed by atoms with Crippen molar-refractivity contribution in [3.63, 3.8) is 0 Å². The van der Waals surface area contributed by atoms with E-state index in [4.69, 9.17) is 4.74 Å². The van der Waals surface area contributed by atoms with Crippen molar-refractivity contribution in [2.45, 2.75) is 25.8 Å². The van der Waals surface area contributed by atoms with Crippen LogP contribution in [0.5, 0.6) is 5.75 Å². The number of aryl methyl sites for hydroxylation is 2. The molecular formula is C18H19N3O2S. The van der Waals surface area contributed by atoms with Crippen LogP contribution in [0.25, 0.3) is 0 Å². The van der Waals surface area contributed by atoms with Gasteiger partial charge in [-0.05, 0) is 44.5 Å². The van der Waals surface area contributed by atoms with Crippen LogP contribution in [0.1, 0.15) is 23.7 Å². The van der Waals surface area contributed by atoms with Gasteiger partial charge >= 0.3 is 0 Å². The number of benzene rings is 1. The highest BCUT2D eigenvalue weighted by Gasteiger charge is 2.12. The normalized spacial score (nSPS) is 10.1. The van der Waals surface area contributed by atoms with Crippen LogP contribution in [0, 0.1) is 25.2 Å². The minimum absolute atomic E-state index is 0.169. The number of aromatic nitrogens is 1. The Morgan fingerprint density at radius 2 is 2.12 bits per heavy atom. The molecule has 0 atom stereocenters. The van der Waals surface area contributed by atoms with Gasteiger partial charge in [0.1, 0.15) is 16.8 Å². The van der Waals surface area contributed by atoms with E-state index in [1.165, 1.54) is 11.8 Å². The molecule has 24 heavy (non-hydrogen) atoms. The minimum Gasteiger partial charge on any atom is -0.492 e. The molecule has 0 spiro atoms. The summed E-state index contributed by atoms with van der Waals surface area (Å²) in [4.78, 5) is 16.6. The zero-order valence-electron chi connectivity index (χ0n) is 13.9. The summed E-state index contributed by atoms with van der Waals surface area (Å²) < 4.78 is 5.49. The Balaban J connectivity index is 2.06. The van der Waals surface area contributed by atoms with Crippen LogP contribution < -0.4 is 10.1 Å². The van der Waals surface area contributed by atoms with Crippen LogP contribution in [0.4, 0.5) is 5.69 Å². The van der Waals surface area contributed by atoms with Gasteiger partial charge in [-0.2, -0.15) is 5.26 Å². The number of nitrogens with zero attached hydrogens (tertiary/aromatic N) is 2. The van der Waals surface area contributed by atoms with Crippen molar-refractivity contribution in [3.05, 3.63) is 47.2 Å². The Bertz CT molecular complexity index is 784. The average molecular weight is 341 g/mol. The first-order valence-electron chi connectivity index (χ1n) is 7.58. The van der Waals surface area contributed by atoms with Crippen molar-refractivity contribution in [1.29, 1.82) is 5.26 Å². The van der Waals surface area contributed by atoms with E-state index in [-0.39, 0.29) is 11.7 Å². The summed E-state index contributed by atoms with van der Waals surface area (Å²) in [7, 11) is 0. The molecule has 1 aromatic carbocycles. The number of amides is 1. The van der Waals surface area contributed by atoms with Gasteiger partial charge in [0.2, 0.25) is 5.91 Å². The topological polar surface area (TPSA) is 75.0 Å². The number of anilines is 1. The van der Waals surface area contributed by atoms with Crippen LogP contribution in [-0.4, -0.2) is 23.3 Å². The highest BCUT2D eigenvalue weighted by Crippen LogP contribution is 2.26. The lowest BCUT2D eigenvalue weighted by molar-refractivity contribution is -0.113. The quantitative estimate of drug-likeness (QED) is 0.811. The van der Waals surface area contributed by atoms with Gasteiger partial charge in [-0.3, -0.25) is 4.79 Å². The summed E-state index contributed by atoms with van der Waals surface area (Å²) >= 11 is 1.26. The fourth-order valence-electron chi connectivity index (χ4n) is 2.21. The summed E-state index contributed by atoms with van der Waals surface area (Å²) in [5.41, 5.74) is 2.86. The monoisotopic (exact) mass is 341 g/mol. The molecule has 0 unspecified atom stereocenters. The first-order valence-corrected chi connectivity index (χ1v) is 8.56. The molecule has 2 rings (SSSR count). The van der Waals surface area contributed by atoms with Gasteiger partial charge < -0.3 is 10.1 Å². The summed E-state index contributed by atoms with van der Waals surface area (Å²) in [5, 5.41) is 12.7. The molecule has 0 saturated heterocycles. The fraction of sp³-hybridized carbons (Fsp3) is 0.278. The zero-order chi connectivity index (χ0) is 17.5. The standard InChI is InChI=1S/C18H19N3O2S/c1-4-23-16-8-6-5-7-15(16)21-17(22)11-24-18-14(10-19)12(2)9-13(3)20-18/h5-9H,4,11H2,1-3H3,(H,21,22). The van der Waals surface area contributed by atoms with Crippen molar-refractivity contribution in [2.75, 3.05) is 17.7 Å². The number of hydrogen-bond acceptors (Lipinski definition) is 5. The number of nitriles is 1. The molecule has 0 saturated carbocycles. The zero-order valence-corrected chi connectivity index (χ0v) is 14.7. The number of pyridine rings is 1. The first-order chi connectivity index (χ1) is 11.5. The summed E-state index contributed by atoms with van der Waals surface area (Å²) in [5.74, 6) is 0.642. The maximum Gasteiger partial charge on any atom is 0.234 e. The SMILES string of the molecule is CCOc1ccccc1NC(=O)CSc1nc(C)cc(C)c1C#N. The lowest BCUT2D eigenvalue weighted by atomic mass is 10.1. The van der Waals surface area contributed by atoms with Gasteiger partial charge in [-0.15, -0.1) is 0 Å². The molecule has 124 valence electrons. The number of carbonyl (C=O) groups excluding carboxylic acids is 1. The number of para-hydroxylation sites is 2. The maximum absolute atomic E-state index is 12.2. The van der Waals surface area contributed by atoms with Crippen molar-refractivity contribution in [3.8, 4) is 11.8 Å². The maximum atomic E-state index is 12.2. The van der Waals surface area contributed by atoms with Gasteiger partial charge in [-0.25, -0.2) is 4.98 Å². The number of thioether (sulfide) groups is 1. The third-order valence-electron chi connectivity index (χ3n) is 3.22. The lowest BCUT2D eigenvalue weighted by Gasteiger charge is -2.11. The summed E-state index contributed by atoms with van der Waals surface area (Å²) in [6.45, 7) is 6.16. The number of ether oxygens (including phenoxy) is 1. The molecule has 0 aliphatic rings. The van der Waals surface area contributed by atoms with E-state index in [0.29, 0.717) is 28.6 Å².